The lowest BCUT2D eigenvalue weighted by molar-refractivity contribution is 0.145. The van der Waals surface area contributed by atoms with Crippen LogP contribution in [-0.2, 0) is 0 Å². The Morgan fingerprint density at radius 1 is 1.33 bits per heavy atom. The van der Waals surface area contributed by atoms with Gasteiger partial charge in [0.15, 0.2) is 5.75 Å². The van der Waals surface area contributed by atoms with E-state index in [1.54, 1.807) is 6.07 Å². The lowest BCUT2D eigenvalue weighted by atomic mass is 10.2. The van der Waals surface area contributed by atoms with Gasteiger partial charge in [-0.2, -0.15) is 0 Å². The number of hydrogen-bond donors (Lipinski definition) is 3. The van der Waals surface area contributed by atoms with Crippen LogP contribution in [0.4, 0.5) is 16.2 Å². The fourth-order valence-corrected chi connectivity index (χ4v) is 0.779. The number of benzene rings is 1. The molecule has 1 aromatic rings. The third-order valence-electron chi connectivity index (χ3n) is 1.27. The van der Waals surface area contributed by atoms with Gasteiger partial charge < -0.3 is 21.3 Å². The van der Waals surface area contributed by atoms with Gasteiger partial charge in [0.2, 0.25) is 0 Å². The quantitative estimate of drug-likeness (QED) is 0.329. The monoisotopic (exact) mass is 168 g/mol. The highest BCUT2D eigenvalue weighted by atomic mass is 16.7. The average molecular weight is 168 g/mol. The second-order valence-electron chi connectivity index (χ2n) is 2.13. The van der Waals surface area contributed by atoms with E-state index in [-0.39, 0.29) is 17.1 Å². The van der Waals surface area contributed by atoms with Crippen LogP contribution in [0.5, 0.6) is 5.75 Å². The number of carbonyl (C=O) groups is 1. The predicted molar refractivity (Wildman–Crippen MR) is 43.9 cm³/mol. The Morgan fingerprint density at radius 2 is 1.83 bits per heavy atom. The highest BCUT2D eigenvalue weighted by molar-refractivity contribution is 5.73. The van der Waals surface area contributed by atoms with Gasteiger partial charge in [0, 0.05) is 0 Å². The fourth-order valence-electron chi connectivity index (χ4n) is 0.779. The van der Waals surface area contributed by atoms with Crippen LogP contribution < -0.4 is 16.2 Å². The van der Waals surface area contributed by atoms with Crippen LogP contribution in [0, 0.1) is 0 Å². The van der Waals surface area contributed by atoms with Gasteiger partial charge in [-0.25, -0.2) is 4.79 Å². The molecule has 1 aromatic carbocycles. The van der Waals surface area contributed by atoms with Crippen LogP contribution in [0.15, 0.2) is 18.2 Å². The molecule has 0 aliphatic rings. The topological polar surface area (TPSA) is 98.6 Å². The number of nitrogen functional groups attached to an aromatic ring is 2. The first-order valence-corrected chi connectivity index (χ1v) is 3.16. The number of hydrogen-bond acceptors (Lipinski definition) is 4. The summed E-state index contributed by atoms with van der Waals surface area (Å²) in [7, 11) is 0. The minimum Gasteiger partial charge on any atom is -0.449 e. The summed E-state index contributed by atoms with van der Waals surface area (Å²) in [5.74, 6) is -0.00926. The van der Waals surface area contributed by atoms with Crippen molar-refractivity contribution in [2.24, 2.45) is 0 Å². The van der Waals surface area contributed by atoms with Crippen LogP contribution in [0.2, 0.25) is 0 Å². The second-order valence-corrected chi connectivity index (χ2v) is 2.13. The molecule has 0 aliphatic heterocycles. The minimum absolute atomic E-state index is 0.00926. The number of rotatable bonds is 1. The minimum atomic E-state index is -1.43. The Morgan fingerprint density at radius 3 is 2.25 bits per heavy atom. The first kappa shape index (κ1) is 8.19. The van der Waals surface area contributed by atoms with Crippen molar-refractivity contribution in [2.75, 3.05) is 11.5 Å². The molecule has 64 valence electrons. The fraction of sp³-hybridized carbons (Fsp3) is 0. The molecule has 5 heteroatoms. The Kier molecular flexibility index (Phi) is 2.05. The summed E-state index contributed by atoms with van der Waals surface area (Å²) in [6, 6.07) is 4.63. The van der Waals surface area contributed by atoms with E-state index in [1.807, 2.05) is 0 Å². The number of para-hydroxylation sites is 1. The zero-order chi connectivity index (χ0) is 9.14. The highest BCUT2D eigenvalue weighted by Crippen LogP contribution is 2.28. The van der Waals surface area contributed by atoms with E-state index in [9.17, 15) is 4.79 Å². The number of ether oxygens (including phenoxy) is 1. The van der Waals surface area contributed by atoms with Crippen LogP contribution in [0.25, 0.3) is 0 Å². The van der Waals surface area contributed by atoms with Gasteiger partial charge in [-0.05, 0) is 12.1 Å². The summed E-state index contributed by atoms with van der Waals surface area (Å²) in [5, 5.41) is 8.28. The molecule has 0 spiro atoms. The Balaban J connectivity index is 3.04. The van der Waals surface area contributed by atoms with Gasteiger partial charge in [0.05, 0.1) is 11.4 Å². The van der Waals surface area contributed by atoms with E-state index < -0.39 is 6.16 Å². The second kappa shape index (κ2) is 3.00. The molecule has 0 saturated carbocycles. The van der Waals surface area contributed by atoms with Gasteiger partial charge >= 0.3 is 6.16 Å². The van der Waals surface area contributed by atoms with Crippen molar-refractivity contribution in [3.8, 4) is 5.75 Å². The van der Waals surface area contributed by atoms with Crippen LogP contribution in [-0.4, -0.2) is 11.3 Å². The van der Waals surface area contributed by atoms with Crippen molar-refractivity contribution in [3.05, 3.63) is 18.2 Å². The molecular formula is C7H8N2O3. The number of nitrogens with two attached hydrogens (primary N) is 2. The molecule has 0 amide bonds. The maximum absolute atomic E-state index is 10.1. The van der Waals surface area contributed by atoms with Crippen LogP contribution in [0.3, 0.4) is 0 Å². The van der Waals surface area contributed by atoms with E-state index in [0.29, 0.717) is 0 Å². The maximum Gasteiger partial charge on any atom is 0.511 e. The molecule has 0 bridgehead atoms. The number of anilines is 2. The Hall–Kier alpha value is -1.91. The zero-order valence-corrected chi connectivity index (χ0v) is 6.15. The summed E-state index contributed by atoms with van der Waals surface area (Å²) < 4.78 is 4.34. The Labute approximate surface area is 68.5 Å². The summed E-state index contributed by atoms with van der Waals surface area (Å²) in [4.78, 5) is 10.1. The average Bonchev–Trinajstić information content (AvgIpc) is 1.97. The lowest BCUT2D eigenvalue weighted by Crippen LogP contribution is -2.07. The molecule has 0 atom stereocenters. The normalized spacial score (nSPS) is 9.33. The first-order chi connectivity index (χ1) is 5.61. The van der Waals surface area contributed by atoms with E-state index in [1.165, 1.54) is 12.1 Å². The maximum atomic E-state index is 10.1. The molecule has 0 unspecified atom stereocenters. The van der Waals surface area contributed by atoms with E-state index in [4.69, 9.17) is 16.6 Å². The van der Waals surface area contributed by atoms with Gasteiger partial charge in [-0.15, -0.1) is 0 Å². The molecule has 0 aromatic heterocycles. The summed E-state index contributed by atoms with van der Waals surface area (Å²) in [6.45, 7) is 0. The third-order valence-corrected chi connectivity index (χ3v) is 1.27. The van der Waals surface area contributed by atoms with Gasteiger partial charge in [-0.1, -0.05) is 6.07 Å². The SMILES string of the molecule is Nc1cccc(N)c1OC(=O)O. The standard InChI is InChI=1S/C7H8N2O3/c8-4-2-1-3-5(9)6(4)12-7(10)11/h1-3H,8-9H2,(H,10,11). The van der Waals surface area contributed by atoms with Crippen molar-refractivity contribution >= 4 is 17.5 Å². The molecule has 1 rings (SSSR count). The lowest BCUT2D eigenvalue weighted by Gasteiger charge is -2.05. The van der Waals surface area contributed by atoms with Gasteiger partial charge in [0.25, 0.3) is 0 Å². The van der Waals surface area contributed by atoms with Gasteiger partial charge in [0.1, 0.15) is 0 Å². The molecule has 5 nitrogen and oxygen atoms in total. The first-order valence-electron chi connectivity index (χ1n) is 3.16. The van der Waals surface area contributed by atoms with Crippen molar-refractivity contribution < 1.29 is 14.6 Å². The predicted octanol–water partition coefficient (Wildman–Crippen LogP) is 0.908. The summed E-state index contributed by atoms with van der Waals surface area (Å²) in [5.41, 5.74) is 11.2. The molecule has 5 N–H and O–H groups in total. The molecule has 0 fully saturated rings. The molecule has 0 heterocycles. The zero-order valence-electron chi connectivity index (χ0n) is 6.15. The van der Waals surface area contributed by atoms with Crippen molar-refractivity contribution in [3.63, 3.8) is 0 Å². The smallest absolute Gasteiger partial charge is 0.449 e. The van der Waals surface area contributed by atoms with E-state index in [2.05, 4.69) is 4.74 Å². The van der Waals surface area contributed by atoms with E-state index in [0.717, 1.165) is 0 Å². The molecule has 12 heavy (non-hydrogen) atoms. The number of carboxylic acid groups (broad SMARTS) is 1. The van der Waals surface area contributed by atoms with Crippen LogP contribution >= 0.6 is 0 Å². The van der Waals surface area contributed by atoms with Gasteiger partial charge in [-0.3, -0.25) is 0 Å². The van der Waals surface area contributed by atoms with Crippen molar-refractivity contribution in [1.29, 1.82) is 0 Å². The van der Waals surface area contributed by atoms with Crippen LogP contribution in [0.1, 0.15) is 0 Å². The summed E-state index contributed by atoms with van der Waals surface area (Å²) in [6.07, 6.45) is -1.43. The molecular weight excluding hydrogens is 160 g/mol. The highest BCUT2D eigenvalue weighted by Gasteiger charge is 2.08. The third kappa shape index (κ3) is 1.57. The Bertz CT molecular complexity index is 291. The van der Waals surface area contributed by atoms with Crippen molar-refractivity contribution in [1.82, 2.24) is 0 Å². The van der Waals surface area contributed by atoms with Crippen molar-refractivity contribution in [2.45, 2.75) is 0 Å². The summed E-state index contributed by atoms with van der Waals surface area (Å²) >= 11 is 0. The molecule has 0 saturated heterocycles. The van der Waals surface area contributed by atoms with E-state index >= 15 is 0 Å². The largest absolute Gasteiger partial charge is 0.511 e. The molecule has 0 radical (unpaired) electrons. The molecule has 0 aliphatic carbocycles.